The van der Waals surface area contributed by atoms with Crippen molar-refractivity contribution in [3.63, 3.8) is 0 Å². The number of aromatic amines is 1. The van der Waals surface area contributed by atoms with E-state index < -0.39 is 0 Å². The summed E-state index contributed by atoms with van der Waals surface area (Å²) in [6.45, 7) is 13.8. The predicted molar refractivity (Wildman–Crippen MR) is 275 cm³/mol. The van der Waals surface area contributed by atoms with Crippen molar-refractivity contribution in [1.82, 2.24) is 29.0 Å². The summed E-state index contributed by atoms with van der Waals surface area (Å²) in [5.41, 5.74) is 14.2. The van der Waals surface area contributed by atoms with Crippen LogP contribution in [-0.2, 0) is 51.9 Å². The Morgan fingerprint density at radius 1 is 0.545 bits per heavy atom. The normalized spacial score (nSPS) is 11.8. The van der Waals surface area contributed by atoms with Crippen molar-refractivity contribution in [2.45, 2.75) is 58.8 Å². The summed E-state index contributed by atoms with van der Waals surface area (Å²) in [4.78, 5) is 17.3. The molecule has 0 aliphatic heterocycles. The van der Waals surface area contributed by atoms with Crippen LogP contribution in [0.1, 0.15) is 45.9 Å². The number of H-pyrrole nitrogens is 1. The molecule has 6 aromatic carbocycles. The van der Waals surface area contributed by atoms with E-state index in [1.54, 1.807) is 0 Å². The van der Waals surface area contributed by atoms with Crippen LogP contribution in [-0.4, -0.2) is 69.3 Å². The van der Waals surface area contributed by atoms with Crippen LogP contribution in [0.4, 0.5) is 0 Å². The number of fused-ring (bicyclic) bond motifs is 3. The molecule has 336 valence electrons. The second-order valence-electron chi connectivity index (χ2n) is 18.4. The van der Waals surface area contributed by atoms with Crippen LogP contribution in [0.2, 0.25) is 0 Å². The van der Waals surface area contributed by atoms with Gasteiger partial charge in [0.2, 0.25) is 0 Å². The van der Waals surface area contributed by atoms with E-state index >= 15 is 0 Å². The lowest BCUT2D eigenvalue weighted by molar-refractivity contribution is 0.228. The third kappa shape index (κ3) is 11.2. The van der Waals surface area contributed by atoms with Crippen molar-refractivity contribution in [2.75, 3.05) is 40.3 Å². The molecule has 0 unspecified atom stereocenters. The Morgan fingerprint density at radius 2 is 1.14 bits per heavy atom. The molecule has 9 rings (SSSR count). The lowest BCUT2D eigenvalue weighted by atomic mass is 10.1. The SMILES string of the molecule is C=C(C)CN(CCc1cn(CCc2cccc(CN(C)CCc3cn(Oc4cccc(CN(C)CCc5c[nH]c6ccccc56)c4)c4ccccc34)c2)c2ccccc12)Cc1ccccc1. The number of likely N-dealkylation sites (N-methyl/N-ethyl adjacent to an activating group) is 2. The van der Waals surface area contributed by atoms with Gasteiger partial charge in [-0.1, -0.05) is 133 Å². The standard InChI is InChI=1S/C59H64N6O/c1-45(2)39-63(42-47-16-6-5-7-17-47)34-31-51-43-64(58-26-12-9-23-55(51)58)35-28-46-18-14-19-48(36-46)40-62(4)33-30-52-44-65(59-27-13-10-24-56(52)59)66-53-21-15-20-49(37-53)41-61(3)32-29-50-38-60-57-25-11-8-22-54(50)57/h5-27,36-38,43-44,60H,1,28-35,39-42H2,2-4H3. The molecule has 9 aromatic rings. The molecule has 0 saturated heterocycles. The molecule has 0 aliphatic carbocycles. The molecule has 0 amide bonds. The number of aryl methyl sites for hydroxylation is 2. The third-order valence-corrected chi connectivity index (χ3v) is 12.9. The van der Waals surface area contributed by atoms with Gasteiger partial charge in [0.15, 0.2) is 5.75 Å². The summed E-state index contributed by atoms with van der Waals surface area (Å²) in [6, 6.07) is 54.5. The highest BCUT2D eigenvalue weighted by molar-refractivity contribution is 5.85. The molecule has 1 N–H and O–H groups in total. The van der Waals surface area contributed by atoms with Gasteiger partial charge in [-0.2, -0.15) is 4.73 Å². The maximum absolute atomic E-state index is 6.58. The molecular weight excluding hydrogens is 809 g/mol. The van der Waals surface area contributed by atoms with Crippen molar-refractivity contribution in [2.24, 2.45) is 0 Å². The molecule has 7 heteroatoms. The molecule has 0 aliphatic rings. The van der Waals surface area contributed by atoms with Crippen LogP contribution in [0.5, 0.6) is 5.75 Å². The number of para-hydroxylation sites is 3. The van der Waals surface area contributed by atoms with Gasteiger partial charge in [-0.15, -0.1) is 0 Å². The predicted octanol–water partition coefficient (Wildman–Crippen LogP) is 12.1. The Balaban J connectivity index is 0.789. The highest BCUT2D eigenvalue weighted by Gasteiger charge is 2.15. The summed E-state index contributed by atoms with van der Waals surface area (Å²) in [5.74, 6) is 0.840. The smallest absolute Gasteiger partial charge is 0.156 e. The molecule has 7 nitrogen and oxygen atoms in total. The van der Waals surface area contributed by atoms with E-state index in [2.05, 4.69) is 222 Å². The van der Waals surface area contributed by atoms with Crippen molar-refractivity contribution in [1.29, 1.82) is 0 Å². The number of nitrogens with zero attached hydrogens (tertiary/aromatic N) is 5. The molecule has 3 heterocycles. The number of rotatable bonds is 22. The van der Waals surface area contributed by atoms with Gasteiger partial charge in [-0.05, 0) is 116 Å². The van der Waals surface area contributed by atoms with Crippen LogP contribution in [0.15, 0.2) is 182 Å². The van der Waals surface area contributed by atoms with Crippen molar-refractivity contribution < 1.29 is 4.84 Å². The second-order valence-corrected chi connectivity index (χ2v) is 18.4. The maximum atomic E-state index is 6.58. The molecule has 0 atom stereocenters. The minimum absolute atomic E-state index is 0.840. The monoisotopic (exact) mass is 873 g/mol. The van der Waals surface area contributed by atoms with E-state index in [1.807, 2.05) is 4.73 Å². The van der Waals surface area contributed by atoms with Crippen LogP contribution < -0.4 is 4.84 Å². The average molecular weight is 873 g/mol. The second kappa shape index (κ2) is 21.1. The quantitative estimate of drug-likeness (QED) is 0.0689. The molecule has 3 aromatic heterocycles. The Bertz CT molecular complexity index is 3010. The Morgan fingerprint density at radius 3 is 1.91 bits per heavy atom. The van der Waals surface area contributed by atoms with Crippen LogP contribution >= 0.6 is 0 Å². The Labute approximate surface area is 391 Å². The first-order valence-corrected chi connectivity index (χ1v) is 23.6. The first kappa shape index (κ1) is 44.6. The summed E-state index contributed by atoms with van der Waals surface area (Å²) < 4.78 is 4.42. The zero-order valence-electron chi connectivity index (χ0n) is 39.0. The van der Waals surface area contributed by atoms with E-state index in [0.717, 1.165) is 89.3 Å². The molecular formula is C59H64N6O. The summed E-state index contributed by atoms with van der Waals surface area (Å²) in [6.07, 6.45) is 10.6. The molecule has 66 heavy (non-hydrogen) atoms. The number of nitrogens with one attached hydrogen (secondary N) is 1. The highest BCUT2D eigenvalue weighted by Crippen LogP contribution is 2.26. The number of aromatic nitrogens is 3. The molecule has 0 radical (unpaired) electrons. The van der Waals surface area contributed by atoms with Crippen LogP contribution in [0.25, 0.3) is 32.7 Å². The van der Waals surface area contributed by atoms with Crippen molar-refractivity contribution >= 4 is 32.7 Å². The zero-order chi connectivity index (χ0) is 45.2. The van der Waals surface area contributed by atoms with Gasteiger partial charge >= 0.3 is 0 Å². The third-order valence-electron chi connectivity index (χ3n) is 12.9. The van der Waals surface area contributed by atoms with E-state index in [1.165, 1.54) is 71.7 Å². The van der Waals surface area contributed by atoms with E-state index in [0.29, 0.717) is 0 Å². The summed E-state index contributed by atoms with van der Waals surface area (Å²) >= 11 is 0. The molecule has 0 bridgehead atoms. The van der Waals surface area contributed by atoms with Gasteiger partial charge in [0.1, 0.15) is 0 Å². The largest absolute Gasteiger partial charge is 0.375 e. The summed E-state index contributed by atoms with van der Waals surface area (Å²) in [7, 11) is 4.42. The fourth-order valence-electron chi connectivity index (χ4n) is 9.61. The minimum Gasteiger partial charge on any atom is -0.375 e. The van der Waals surface area contributed by atoms with Gasteiger partial charge in [-0.3, -0.25) is 4.90 Å². The van der Waals surface area contributed by atoms with Gasteiger partial charge in [0.05, 0.1) is 5.52 Å². The highest BCUT2D eigenvalue weighted by atomic mass is 16.7. The van der Waals surface area contributed by atoms with Crippen LogP contribution in [0.3, 0.4) is 0 Å². The number of benzene rings is 6. The van der Waals surface area contributed by atoms with Gasteiger partial charge in [-0.25, -0.2) is 0 Å². The van der Waals surface area contributed by atoms with E-state index in [4.69, 9.17) is 4.84 Å². The van der Waals surface area contributed by atoms with Gasteiger partial charge < -0.3 is 24.2 Å². The van der Waals surface area contributed by atoms with Gasteiger partial charge in [0.25, 0.3) is 0 Å². The Kier molecular flexibility index (Phi) is 14.3. The number of hydrogen-bond donors (Lipinski definition) is 1. The molecule has 0 saturated carbocycles. The van der Waals surface area contributed by atoms with E-state index in [9.17, 15) is 0 Å². The van der Waals surface area contributed by atoms with Crippen molar-refractivity contribution in [3.8, 4) is 5.75 Å². The maximum Gasteiger partial charge on any atom is 0.156 e. The minimum atomic E-state index is 0.840. The van der Waals surface area contributed by atoms with Crippen molar-refractivity contribution in [3.05, 3.63) is 221 Å². The van der Waals surface area contributed by atoms with Crippen LogP contribution in [0, 0.1) is 0 Å². The molecule has 0 fully saturated rings. The number of hydrogen-bond acceptors (Lipinski definition) is 4. The zero-order valence-corrected chi connectivity index (χ0v) is 39.0. The lowest BCUT2D eigenvalue weighted by Crippen LogP contribution is -2.27. The lowest BCUT2D eigenvalue weighted by Gasteiger charge is -2.22. The fraction of sp³-hybridized carbons (Fsp3) is 0.254. The first-order valence-electron chi connectivity index (χ1n) is 23.6. The Hall–Kier alpha value is -6.64. The first-order chi connectivity index (χ1) is 32.3. The molecule has 0 spiro atoms. The fourth-order valence-corrected chi connectivity index (χ4v) is 9.61. The van der Waals surface area contributed by atoms with Gasteiger partial charge in [0, 0.05) is 98.1 Å². The topological polar surface area (TPSA) is 44.6 Å². The summed E-state index contributed by atoms with van der Waals surface area (Å²) in [5, 5.41) is 3.91. The average Bonchev–Trinajstić information content (AvgIpc) is 4.02. The van der Waals surface area contributed by atoms with E-state index in [-0.39, 0.29) is 0 Å².